The highest BCUT2D eigenvalue weighted by molar-refractivity contribution is 5.93. The van der Waals surface area contributed by atoms with Gasteiger partial charge in [0.25, 0.3) is 0 Å². The molecule has 2 N–H and O–H groups in total. The van der Waals surface area contributed by atoms with Gasteiger partial charge in [-0.25, -0.2) is 14.2 Å². The fourth-order valence-corrected chi connectivity index (χ4v) is 2.11. The molecule has 0 aliphatic heterocycles. The van der Waals surface area contributed by atoms with Crippen molar-refractivity contribution in [1.29, 1.82) is 0 Å². The van der Waals surface area contributed by atoms with E-state index in [0.29, 0.717) is 17.6 Å². The number of carboxylic acid groups (broad SMARTS) is 1. The van der Waals surface area contributed by atoms with Crippen molar-refractivity contribution in [3.63, 3.8) is 0 Å². The van der Waals surface area contributed by atoms with Crippen LogP contribution in [-0.2, 0) is 4.79 Å². The molecule has 1 atom stereocenters. The van der Waals surface area contributed by atoms with E-state index in [1.54, 1.807) is 18.3 Å². The summed E-state index contributed by atoms with van der Waals surface area (Å²) in [5, 5.41) is 13.6. The molecule has 1 aromatic carbocycles. The number of aromatic nitrogens is 1. The van der Waals surface area contributed by atoms with Crippen LogP contribution in [0.25, 0.3) is 10.8 Å². The molecule has 2 rings (SSSR count). The predicted octanol–water partition coefficient (Wildman–Crippen LogP) is 3.29. The molecule has 2 aromatic rings. The zero-order chi connectivity index (χ0) is 14.7. The zero-order valence-corrected chi connectivity index (χ0v) is 11.4. The van der Waals surface area contributed by atoms with Crippen LogP contribution < -0.4 is 5.32 Å². The smallest absolute Gasteiger partial charge is 0.326 e. The Balaban J connectivity index is 2.36. The number of carboxylic acids is 1. The Morgan fingerprint density at radius 1 is 1.40 bits per heavy atom. The van der Waals surface area contributed by atoms with Crippen LogP contribution in [0.3, 0.4) is 0 Å². The fourth-order valence-electron chi connectivity index (χ4n) is 2.11. The molecule has 5 heteroatoms. The van der Waals surface area contributed by atoms with E-state index in [1.807, 2.05) is 13.8 Å². The molecule has 1 aromatic heterocycles. The third-order valence-electron chi connectivity index (χ3n) is 3.04. The fraction of sp³-hybridized carbons (Fsp3) is 0.333. The van der Waals surface area contributed by atoms with Gasteiger partial charge < -0.3 is 10.4 Å². The average molecular weight is 276 g/mol. The second-order valence-corrected chi connectivity index (χ2v) is 5.19. The van der Waals surface area contributed by atoms with E-state index in [0.717, 1.165) is 5.39 Å². The van der Waals surface area contributed by atoms with E-state index in [4.69, 9.17) is 0 Å². The summed E-state index contributed by atoms with van der Waals surface area (Å²) < 4.78 is 13.4. The van der Waals surface area contributed by atoms with E-state index in [-0.39, 0.29) is 11.7 Å². The van der Waals surface area contributed by atoms with E-state index in [2.05, 4.69) is 10.3 Å². The number of aliphatic carboxylic acids is 1. The first-order chi connectivity index (χ1) is 9.47. The molecule has 1 unspecified atom stereocenters. The molecule has 0 aliphatic rings. The quantitative estimate of drug-likeness (QED) is 0.879. The van der Waals surface area contributed by atoms with Crippen molar-refractivity contribution in [3.8, 4) is 0 Å². The number of nitrogens with zero attached hydrogens (tertiary/aromatic N) is 1. The Labute approximate surface area is 116 Å². The lowest BCUT2D eigenvalue weighted by atomic mass is 10.0. The van der Waals surface area contributed by atoms with Crippen LogP contribution in [0.2, 0.25) is 0 Å². The lowest BCUT2D eigenvalue weighted by Crippen LogP contribution is -2.31. The summed E-state index contributed by atoms with van der Waals surface area (Å²) in [5.41, 5.74) is 0. The number of halogens is 1. The van der Waals surface area contributed by atoms with Crippen molar-refractivity contribution >= 4 is 22.6 Å². The zero-order valence-electron chi connectivity index (χ0n) is 11.4. The Morgan fingerprint density at radius 3 is 2.80 bits per heavy atom. The number of fused-ring (bicyclic) bond motifs is 1. The number of hydrogen-bond donors (Lipinski definition) is 2. The Kier molecular flexibility index (Phi) is 4.17. The van der Waals surface area contributed by atoms with Crippen LogP contribution in [-0.4, -0.2) is 22.1 Å². The van der Waals surface area contributed by atoms with Crippen LogP contribution >= 0.6 is 0 Å². The van der Waals surface area contributed by atoms with Gasteiger partial charge >= 0.3 is 5.97 Å². The number of rotatable bonds is 5. The van der Waals surface area contributed by atoms with Crippen molar-refractivity contribution in [2.45, 2.75) is 26.3 Å². The van der Waals surface area contributed by atoms with Crippen molar-refractivity contribution < 1.29 is 14.3 Å². The minimum absolute atomic E-state index is 0.232. The molecule has 0 spiro atoms. The molecular formula is C15H17FN2O2. The summed E-state index contributed by atoms with van der Waals surface area (Å²) in [7, 11) is 0. The lowest BCUT2D eigenvalue weighted by molar-refractivity contribution is -0.138. The molecule has 20 heavy (non-hydrogen) atoms. The molecule has 0 bridgehead atoms. The molecule has 0 radical (unpaired) electrons. The molecular weight excluding hydrogens is 259 g/mol. The van der Waals surface area contributed by atoms with Gasteiger partial charge in [-0.1, -0.05) is 19.9 Å². The largest absolute Gasteiger partial charge is 0.480 e. The first-order valence-electron chi connectivity index (χ1n) is 6.51. The van der Waals surface area contributed by atoms with Crippen molar-refractivity contribution in [1.82, 2.24) is 4.98 Å². The summed E-state index contributed by atoms with van der Waals surface area (Å²) in [6, 6.07) is 5.40. The number of hydrogen-bond acceptors (Lipinski definition) is 3. The first-order valence-corrected chi connectivity index (χ1v) is 6.51. The maximum absolute atomic E-state index is 13.4. The molecule has 1 heterocycles. The van der Waals surface area contributed by atoms with Crippen LogP contribution in [0, 0.1) is 11.7 Å². The average Bonchev–Trinajstić information content (AvgIpc) is 2.38. The highest BCUT2D eigenvalue weighted by Crippen LogP contribution is 2.23. The van der Waals surface area contributed by atoms with Gasteiger partial charge in [-0.2, -0.15) is 0 Å². The van der Waals surface area contributed by atoms with Crippen LogP contribution in [0.4, 0.5) is 10.2 Å². The molecule has 0 aliphatic carbocycles. The second kappa shape index (κ2) is 5.86. The van der Waals surface area contributed by atoms with Crippen LogP contribution in [0.5, 0.6) is 0 Å². The number of pyridine rings is 1. The minimum atomic E-state index is -0.936. The van der Waals surface area contributed by atoms with Gasteiger partial charge in [0.05, 0.1) is 0 Å². The Hall–Kier alpha value is -2.17. The number of anilines is 1. The van der Waals surface area contributed by atoms with Gasteiger partial charge in [0.2, 0.25) is 0 Å². The van der Waals surface area contributed by atoms with E-state index >= 15 is 0 Å². The van der Waals surface area contributed by atoms with Crippen molar-refractivity contribution in [2.24, 2.45) is 5.92 Å². The van der Waals surface area contributed by atoms with Gasteiger partial charge in [-0.05, 0) is 35.9 Å². The highest BCUT2D eigenvalue weighted by atomic mass is 19.1. The summed E-state index contributed by atoms with van der Waals surface area (Å²) in [4.78, 5) is 15.4. The van der Waals surface area contributed by atoms with Crippen LogP contribution in [0.15, 0.2) is 30.5 Å². The third kappa shape index (κ3) is 3.23. The molecule has 0 fully saturated rings. The molecule has 4 nitrogen and oxygen atoms in total. The van der Waals surface area contributed by atoms with E-state index in [1.165, 1.54) is 12.1 Å². The Bertz CT molecular complexity index is 628. The number of benzene rings is 1. The van der Waals surface area contributed by atoms with Gasteiger partial charge in [0, 0.05) is 11.6 Å². The summed E-state index contributed by atoms with van der Waals surface area (Å²) >= 11 is 0. The van der Waals surface area contributed by atoms with Gasteiger partial charge in [-0.15, -0.1) is 0 Å². The highest BCUT2D eigenvalue weighted by Gasteiger charge is 2.20. The summed E-state index contributed by atoms with van der Waals surface area (Å²) in [6.07, 6.45) is 2.06. The second-order valence-electron chi connectivity index (χ2n) is 5.19. The predicted molar refractivity (Wildman–Crippen MR) is 76.2 cm³/mol. The van der Waals surface area contributed by atoms with E-state index < -0.39 is 12.0 Å². The first kappa shape index (κ1) is 14.2. The van der Waals surface area contributed by atoms with Gasteiger partial charge in [0.1, 0.15) is 17.7 Å². The lowest BCUT2D eigenvalue weighted by Gasteiger charge is -2.18. The summed E-state index contributed by atoms with van der Waals surface area (Å²) in [6.45, 7) is 3.90. The number of carbonyl (C=O) groups is 1. The topological polar surface area (TPSA) is 62.2 Å². The van der Waals surface area contributed by atoms with Crippen molar-refractivity contribution in [2.75, 3.05) is 5.32 Å². The number of nitrogens with one attached hydrogen (secondary N) is 1. The van der Waals surface area contributed by atoms with Crippen LogP contribution in [0.1, 0.15) is 20.3 Å². The monoisotopic (exact) mass is 276 g/mol. The van der Waals surface area contributed by atoms with Crippen molar-refractivity contribution in [3.05, 3.63) is 36.3 Å². The summed E-state index contributed by atoms with van der Waals surface area (Å²) in [5.74, 6) is -0.677. The molecule has 0 amide bonds. The van der Waals surface area contributed by atoms with Gasteiger partial charge in [-0.3, -0.25) is 0 Å². The maximum atomic E-state index is 13.4. The normalized spacial score (nSPS) is 12.6. The Morgan fingerprint density at radius 2 is 2.15 bits per heavy atom. The van der Waals surface area contributed by atoms with Gasteiger partial charge in [0.15, 0.2) is 0 Å². The minimum Gasteiger partial charge on any atom is -0.480 e. The molecule has 0 saturated heterocycles. The SMILES string of the molecule is CC(C)CC(Nc1nccc2ccc(F)cc12)C(=O)O. The maximum Gasteiger partial charge on any atom is 0.326 e. The molecule has 106 valence electrons. The van der Waals surface area contributed by atoms with E-state index in [9.17, 15) is 14.3 Å². The molecule has 0 saturated carbocycles. The standard InChI is InChI=1S/C15H17FN2O2/c1-9(2)7-13(15(19)20)18-14-12-8-11(16)4-3-10(12)5-6-17-14/h3-6,8-9,13H,7H2,1-2H3,(H,17,18)(H,19,20). The third-order valence-corrected chi connectivity index (χ3v) is 3.04.